The number of hydrogen-bond acceptors (Lipinski definition) is 5. The van der Waals surface area contributed by atoms with Gasteiger partial charge < -0.3 is 21.3 Å². The average molecular weight is 557 g/mol. The van der Waals surface area contributed by atoms with Gasteiger partial charge in [0.1, 0.15) is 5.60 Å². The lowest BCUT2D eigenvalue weighted by Gasteiger charge is -2.13. The van der Waals surface area contributed by atoms with Crippen molar-refractivity contribution in [3.05, 3.63) is 107 Å². The number of carbonyl (C=O) groups excluding carboxylic acids is 2. The number of primary amides is 1. The largest absolute Gasteiger partial charge is 0.478 e. The van der Waals surface area contributed by atoms with Gasteiger partial charge in [0.15, 0.2) is 0 Å². The molecule has 1 heterocycles. The van der Waals surface area contributed by atoms with Crippen LogP contribution in [0.25, 0.3) is 11.1 Å². The molecule has 4 aromatic rings. The van der Waals surface area contributed by atoms with Gasteiger partial charge in [0.05, 0.1) is 22.4 Å². The Morgan fingerprint density at radius 2 is 1.66 bits per heavy atom. The number of aromatic carboxylic acids is 1. The Balaban J connectivity index is 0.000000496. The molecule has 0 saturated carbocycles. The van der Waals surface area contributed by atoms with E-state index in [2.05, 4.69) is 22.3 Å². The Labute approximate surface area is 236 Å². The number of carboxylic acids is 1. The van der Waals surface area contributed by atoms with E-state index < -0.39 is 23.4 Å². The van der Waals surface area contributed by atoms with E-state index in [0.717, 1.165) is 22.8 Å². The third kappa shape index (κ3) is 8.36. The van der Waals surface area contributed by atoms with Gasteiger partial charge in [-0.1, -0.05) is 42.2 Å². The predicted octanol–water partition coefficient (Wildman–Crippen LogP) is 4.39. The average Bonchev–Trinajstić information content (AvgIpc) is 3.21. The second-order valence-electron chi connectivity index (χ2n) is 9.55. The second-order valence-corrected chi connectivity index (χ2v) is 9.55. The molecule has 10 heteroatoms. The van der Waals surface area contributed by atoms with Crippen LogP contribution in [-0.4, -0.2) is 43.4 Å². The molecule has 2 amide bonds. The first-order chi connectivity index (χ1) is 19.2. The number of aryl methyl sites for hydroxylation is 2. The van der Waals surface area contributed by atoms with Crippen molar-refractivity contribution in [1.82, 2.24) is 9.78 Å². The van der Waals surface area contributed by atoms with Crippen LogP contribution < -0.4 is 11.1 Å². The van der Waals surface area contributed by atoms with Gasteiger partial charge in [-0.05, 0) is 62.7 Å². The van der Waals surface area contributed by atoms with E-state index in [4.69, 9.17) is 10.8 Å². The fourth-order valence-electron chi connectivity index (χ4n) is 3.65. The van der Waals surface area contributed by atoms with Crippen LogP contribution >= 0.6 is 0 Å². The first kappa shape index (κ1) is 30.3. The molecule has 4 rings (SSSR count). The van der Waals surface area contributed by atoms with Crippen molar-refractivity contribution in [2.75, 3.05) is 5.32 Å². The summed E-state index contributed by atoms with van der Waals surface area (Å²) in [6.45, 7) is 4.96. The number of carbonyl (C=O) groups is 3. The van der Waals surface area contributed by atoms with Gasteiger partial charge in [0.2, 0.25) is 11.9 Å². The summed E-state index contributed by atoms with van der Waals surface area (Å²) < 4.78 is 13.4. The highest BCUT2D eigenvalue weighted by molar-refractivity contribution is 6.13. The number of para-hydroxylation sites is 1. The highest BCUT2D eigenvalue weighted by atomic mass is 19.1. The quantitative estimate of drug-likeness (QED) is 0.268. The normalized spacial score (nSPS) is 10.5. The van der Waals surface area contributed by atoms with Crippen LogP contribution in [0.15, 0.2) is 72.8 Å². The molecule has 0 bridgehead atoms. The number of aromatic nitrogens is 2. The topological polar surface area (TPSA) is 148 Å². The maximum atomic E-state index is 12.9. The van der Waals surface area contributed by atoms with Crippen molar-refractivity contribution in [2.24, 2.45) is 12.8 Å². The third-order valence-corrected chi connectivity index (χ3v) is 5.61. The van der Waals surface area contributed by atoms with Crippen LogP contribution in [0.2, 0.25) is 0 Å². The summed E-state index contributed by atoms with van der Waals surface area (Å²) in [5.74, 6) is 2.64. The zero-order chi connectivity index (χ0) is 30.3. The molecule has 5 N–H and O–H groups in total. The Bertz CT molecular complexity index is 1640. The fourth-order valence-corrected chi connectivity index (χ4v) is 3.65. The first-order valence-electron chi connectivity index (χ1n) is 12.3. The lowest BCUT2D eigenvalue weighted by atomic mass is 10.00. The Kier molecular flexibility index (Phi) is 9.39. The summed E-state index contributed by atoms with van der Waals surface area (Å²) in [7, 11) is 1.57. The molecular formula is C31H29FN4O5. The maximum absolute atomic E-state index is 12.9. The van der Waals surface area contributed by atoms with Crippen LogP contribution in [-0.2, 0) is 7.05 Å². The number of halogens is 1. The predicted molar refractivity (Wildman–Crippen MR) is 153 cm³/mol. The summed E-state index contributed by atoms with van der Waals surface area (Å²) >= 11 is 0. The van der Waals surface area contributed by atoms with Crippen molar-refractivity contribution < 1.29 is 29.0 Å². The molecule has 0 unspecified atom stereocenters. The van der Waals surface area contributed by atoms with E-state index in [1.807, 2.05) is 36.4 Å². The summed E-state index contributed by atoms with van der Waals surface area (Å²) in [6, 6.07) is 19.4. The van der Waals surface area contributed by atoms with Gasteiger partial charge in [0, 0.05) is 29.9 Å². The number of nitrogens with one attached hydrogen (secondary N) is 1. The number of amides is 2. The minimum absolute atomic E-state index is 0.0282. The number of carboxylic acid groups (broad SMARTS) is 1. The van der Waals surface area contributed by atoms with Gasteiger partial charge in [0.25, 0.3) is 5.91 Å². The number of rotatable bonds is 5. The SMILES string of the molecule is CC(C)(O)C#Cc1ccc(-c2ccccc2NC(=O)c2ccc(C(=O)O)cc2C(N)=O)cc1.Cc1cc(F)n(C)n1. The molecule has 0 radical (unpaired) electrons. The van der Waals surface area contributed by atoms with Crippen molar-refractivity contribution in [2.45, 2.75) is 26.4 Å². The zero-order valence-electron chi connectivity index (χ0n) is 22.9. The minimum Gasteiger partial charge on any atom is -0.478 e. The molecule has 41 heavy (non-hydrogen) atoms. The second kappa shape index (κ2) is 12.7. The third-order valence-electron chi connectivity index (χ3n) is 5.61. The van der Waals surface area contributed by atoms with Crippen LogP contribution in [0.5, 0.6) is 0 Å². The Hall–Kier alpha value is -5.27. The van der Waals surface area contributed by atoms with Crippen LogP contribution in [0.1, 0.15) is 56.2 Å². The van der Waals surface area contributed by atoms with Gasteiger partial charge in [-0.15, -0.1) is 0 Å². The molecule has 0 aliphatic rings. The van der Waals surface area contributed by atoms with Crippen molar-refractivity contribution >= 4 is 23.5 Å². The van der Waals surface area contributed by atoms with E-state index >= 15 is 0 Å². The molecule has 0 saturated heterocycles. The molecule has 1 aromatic heterocycles. The maximum Gasteiger partial charge on any atom is 0.335 e. The summed E-state index contributed by atoms with van der Waals surface area (Å²) in [5.41, 5.74) is 7.40. The highest BCUT2D eigenvalue weighted by Gasteiger charge is 2.19. The fraction of sp³-hybridized carbons (Fsp3) is 0.161. The molecular weight excluding hydrogens is 527 g/mol. The van der Waals surface area contributed by atoms with E-state index in [1.54, 1.807) is 40.0 Å². The van der Waals surface area contributed by atoms with Gasteiger partial charge in [-0.2, -0.15) is 9.49 Å². The molecule has 0 aliphatic heterocycles. The van der Waals surface area contributed by atoms with E-state index in [0.29, 0.717) is 11.4 Å². The standard InChI is InChI=1S/C26H22N2O5.C5H7FN2/c1-26(2,33)14-13-16-7-9-17(10-8-16)19-5-3-4-6-22(19)28-24(30)20-12-11-18(25(31)32)15-21(20)23(27)29;1-4-3-5(6)8(2)7-4/h3-12,15,33H,1-2H3,(H2,27,29)(H,28,30)(H,31,32);3H,1-2H3. The summed E-state index contributed by atoms with van der Waals surface area (Å²) in [5, 5.41) is 25.4. The molecule has 0 spiro atoms. The van der Waals surface area contributed by atoms with E-state index in [1.165, 1.54) is 22.9 Å². The number of nitrogens with two attached hydrogens (primary N) is 1. The van der Waals surface area contributed by atoms with Gasteiger partial charge in [-0.3, -0.25) is 9.59 Å². The Morgan fingerprint density at radius 3 is 2.17 bits per heavy atom. The number of benzene rings is 3. The number of hydrogen-bond donors (Lipinski definition) is 4. The molecule has 0 aliphatic carbocycles. The van der Waals surface area contributed by atoms with Crippen LogP contribution in [0, 0.1) is 24.7 Å². The van der Waals surface area contributed by atoms with E-state index in [-0.39, 0.29) is 22.6 Å². The zero-order valence-corrected chi connectivity index (χ0v) is 22.9. The lowest BCUT2D eigenvalue weighted by Crippen LogP contribution is -2.21. The number of nitrogens with zero attached hydrogens (tertiary/aromatic N) is 2. The first-order valence-corrected chi connectivity index (χ1v) is 12.3. The summed E-state index contributed by atoms with van der Waals surface area (Å²) in [4.78, 5) is 35.9. The van der Waals surface area contributed by atoms with Gasteiger partial charge in [-0.25, -0.2) is 9.48 Å². The van der Waals surface area contributed by atoms with Crippen molar-refractivity contribution in [1.29, 1.82) is 0 Å². The smallest absolute Gasteiger partial charge is 0.335 e. The number of anilines is 1. The van der Waals surface area contributed by atoms with Crippen LogP contribution in [0.3, 0.4) is 0 Å². The van der Waals surface area contributed by atoms with E-state index in [9.17, 15) is 23.9 Å². The molecule has 0 fully saturated rings. The molecule has 9 nitrogen and oxygen atoms in total. The molecule has 210 valence electrons. The lowest BCUT2D eigenvalue weighted by molar-refractivity contribution is 0.0696. The molecule has 0 atom stereocenters. The monoisotopic (exact) mass is 556 g/mol. The van der Waals surface area contributed by atoms with Gasteiger partial charge >= 0.3 is 5.97 Å². The summed E-state index contributed by atoms with van der Waals surface area (Å²) in [6.07, 6.45) is 0. The minimum atomic E-state index is -1.23. The Morgan fingerprint density at radius 1 is 1.00 bits per heavy atom. The van der Waals surface area contributed by atoms with Crippen LogP contribution in [0.4, 0.5) is 10.1 Å². The van der Waals surface area contributed by atoms with Crippen molar-refractivity contribution in [3.8, 4) is 23.0 Å². The molecule has 3 aromatic carbocycles. The number of aliphatic hydroxyl groups is 1. The highest BCUT2D eigenvalue weighted by Crippen LogP contribution is 2.29. The van der Waals surface area contributed by atoms with Crippen molar-refractivity contribution in [3.63, 3.8) is 0 Å².